The van der Waals surface area contributed by atoms with Crippen LogP contribution in [0.25, 0.3) is 0 Å². The fraction of sp³-hybridized carbons (Fsp3) is 0.400. The van der Waals surface area contributed by atoms with Gasteiger partial charge in [0.05, 0.1) is 21.3 Å². The molecule has 13 heavy (non-hydrogen) atoms. The summed E-state index contributed by atoms with van der Waals surface area (Å²) in [5.41, 5.74) is 0.953. The van der Waals surface area contributed by atoms with Gasteiger partial charge in [-0.1, -0.05) is 0 Å². The number of rotatable bonds is 3. The highest BCUT2D eigenvalue weighted by Crippen LogP contribution is 2.37. The number of hydrogen-bond acceptors (Lipinski definition) is 3. The average molecular weight is 181 g/mol. The SMILES string of the molecule is COc1[c]c(C)cc(OC)c1OC. The Morgan fingerprint density at radius 2 is 1.77 bits per heavy atom. The molecule has 0 amide bonds. The van der Waals surface area contributed by atoms with E-state index >= 15 is 0 Å². The van der Waals surface area contributed by atoms with E-state index in [-0.39, 0.29) is 0 Å². The van der Waals surface area contributed by atoms with Gasteiger partial charge in [-0.05, 0) is 18.6 Å². The third-order valence-electron chi connectivity index (χ3n) is 1.72. The zero-order valence-corrected chi connectivity index (χ0v) is 8.30. The molecule has 0 heterocycles. The predicted octanol–water partition coefficient (Wildman–Crippen LogP) is 1.82. The predicted molar refractivity (Wildman–Crippen MR) is 49.7 cm³/mol. The Morgan fingerprint density at radius 3 is 2.23 bits per heavy atom. The summed E-state index contributed by atoms with van der Waals surface area (Å²) in [4.78, 5) is 0. The molecule has 0 aliphatic carbocycles. The Morgan fingerprint density at radius 1 is 1.08 bits per heavy atom. The Labute approximate surface area is 78.2 Å². The molecule has 0 aliphatic rings. The molecule has 0 saturated heterocycles. The van der Waals surface area contributed by atoms with Gasteiger partial charge in [0.25, 0.3) is 0 Å². The maximum atomic E-state index is 5.13. The van der Waals surface area contributed by atoms with Crippen molar-refractivity contribution in [3.05, 3.63) is 17.7 Å². The first-order valence-corrected chi connectivity index (χ1v) is 3.91. The first-order valence-electron chi connectivity index (χ1n) is 3.91. The molecule has 0 spiro atoms. The van der Waals surface area contributed by atoms with Crippen LogP contribution in [0.15, 0.2) is 6.07 Å². The number of benzene rings is 1. The normalized spacial score (nSPS) is 9.54. The smallest absolute Gasteiger partial charge is 0.203 e. The highest BCUT2D eigenvalue weighted by Gasteiger charge is 2.11. The molecule has 0 unspecified atom stereocenters. The summed E-state index contributed by atoms with van der Waals surface area (Å²) in [6.07, 6.45) is 0. The maximum absolute atomic E-state index is 5.13. The Hall–Kier alpha value is -1.38. The molecular weight excluding hydrogens is 168 g/mol. The topological polar surface area (TPSA) is 27.7 Å². The first-order chi connectivity index (χ1) is 6.22. The van der Waals surface area contributed by atoms with Crippen LogP contribution in [0.5, 0.6) is 17.2 Å². The van der Waals surface area contributed by atoms with Crippen molar-refractivity contribution in [2.75, 3.05) is 21.3 Å². The number of ether oxygens (including phenoxy) is 3. The summed E-state index contributed by atoms with van der Waals surface area (Å²) in [6.45, 7) is 1.92. The monoisotopic (exact) mass is 181 g/mol. The molecule has 0 atom stereocenters. The van der Waals surface area contributed by atoms with Crippen LogP contribution in [0, 0.1) is 13.0 Å². The molecule has 1 rings (SSSR count). The van der Waals surface area contributed by atoms with E-state index in [1.807, 2.05) is 13.0 Å². The highest BCUT2D eigenvalue weighted by atomic mass is 16.5. The average Bonchev–Trinajstić information content (AvgIpc) is 2.16. The van der Waals surface area contributed by atoms with Crippen LogP contribution >= 0.6 is 0 Å². The fourth-order valence-electron chi connectivity index (χ4n) is 1.13. The van der Waals surface area contributed by atoms with Gasteiger partial charge in [-0.3, -0.25) is 0 Å². The molecule has 0 aliphatic heterocycles. The van der Waals surface area contributed by atoms with E-state index in [1.54, 1.807) is 21.3 Å². The summed E-state index contributed by atoms with van der Waals surface area (Å²) in [7, 11) is 4.74. The van der Waals surface area contributed by atoms with Gasteiger partial charge in [0.15, 0.2) is 11.5 Å². The van der Waals surface area contributed by atoms with Crippen LogP contribution in [-0.4, -0.2) is 21.3 Å². The number of hydrogen-bond donors (Lipinski definition) is 0. The second-order valence-corrected chi connectivity index (χ2v) is 2.59. The van der Waals surface area contributed by atoms with Gasteiger partial charge in [-0.15, -0.1) is 0 Å². The lowest BCUT2D eigenvalue weighted by Crippen LogP contribution is -1.95. The minimum atomic E-state index is 0.569. The van der Waals surface area contributed by atoms with E-state index in [0.717, 1.165) is 5.56 Å². The van der Waals surface area contributed by atoms with Crippen molar-refractivity contribution in [2.24, 2.45) is 0 Å². The molecule has 0 fully saturated rings. The molecule has 0 saturated carbocycles. The van der Waals surface area contributed by atoms with Gasteiger partial charge in [-0.25, -0.2) is 0 Å². The highest BCUT2D eigenvalue weighted by molar-refractivity contribution is 5.52. The van der Waals surface area contributed by atoms with Gasteiger partial charge in [0.1, 0.15) is 0 Å². The maximum Gasteiger partial charge on any atom is 0.203 e. The van der Waals surface area contributed by atoms with Crippen molar-refractivity contribution in [3.63, 3.8) is 0 Å². The van der Waals surface area contributed by atoms with E-state index in [2.05, 4.69) is 6.07 Å². The van der Waals surface area contributed by atoms with Crippen LogP contribution < -0.4 is 14.2 Å². The first kappa shape index (κ1) is 9.71. The standard InChI is InChI=1S/C10H13O3/c1-7-5-8(11-2)10(13-4)9(6-7)12-3/h5H,1-4H3. The fourth-order valence-corrected chi connectivity index (χ4v) is 1.13. The van der Waals surface area contributed by atoms with Crippen molar-refractivity contribution >= 4 is 0 Å². The van der Waals surface area contributed by atoms with Crippen molar-refractivity contribution in [2.45, 2.75) is 6.92 Å². The lowest BCUT2D eigenvalue weighted by molar-refractivity contribution is 0.323. The summed E-state index contributed by atoms with van der Waals surface area (Å²) in [5.74, 6) is 1.81. The molecule has 0 aromatic heterocycles. The Bertz CT molecular complexity index is 269. The minimum absolute atomic E-state index is 0.569. The van der Waals surface area contributed by atoms with Crippen LogP contribution in [0.4, 0.5) is 0 Å². The summed E-state index contributed by atoms with van der Waals surface area (Å²) >= 11 is 0. The van der Waals surface area contributed by atoms with Gasteiger partial charge in [0.2, 0.25) is 5.75 Å². The summed E-state index contributed by atoms with van der Waals surface area (Å²) in [6, 6.07) is 4.87. The van der Waals surface area contributed by atoms with Gasteiger partial charge in [-0.2, -0.15) is 0 Å². The van der Waals surface area contributed by atoms with E-state index in [9.17, 15) is 0 Å². The van der Waals surface area contributed by atoms with Gasteiger partial charge in [0, 0.05) is 6.07 Å². The van der Waals surface area contributed by atoms with E-state index in [1.165, 1.54) is 0 Å². The summed E-state index contributed by atoms with van der Waals surface area (Å²) in [5, 5.41) is 0. The van der Waals surface area contributed by atoms with Gasteiger partial charge < -0.3 is 14.2 Å². The van der Waals surface area contributed by atoms with Crippen LogP contribution in [0.3, 0.4) is 0 Å². The van der Waals surface area contributed by atoms with Crippen LogP contribution in [0.2, 0.25) is 0 Å². The largest absolute Gasteiger partial charge is 0.493 e. The lowest BCUT2D eigenvalue weighted by Gasteiger charge is -2.11. The molecule has 0 bridgehead atoms. The quantitative estimate of drug-likeness (QED) is 0.711. The molecule has 1 aromatic carbocycles. The second kappa shape index (κ2) is 4.03. The molecule has 71 valence electrons. The van der Waals surface area contributed by atoms with Crippen molar-refractivity contribution in [3.8, 4) is 17.2 Å². The lowest BCUT2D eigenvalue weighted by atomic mass is 10.2. The van der Waals surface area contributed by atoms with Crippen molar-refractivity contribution in [1.29, 1.82) is 0 Å². The van der Waals surface area contributed by atoms with Crippen molar-refractivity contribution in [1.82, 2.24) is 0 Å². The van der Waals surface area contributed by atoms with Crippen LogP contribution in [-0.2, 0) is 0 Å². The van der Waals surface area contributed by atoms with Crippen LogP contribution in [0.1, 0.15) is 5.56 Å². The molecule has 1 aromatic rings. The third kappa shape index (κ3) is 1.86. The molecule has 3 heteroatoms. The van der Waals surface area contributed by atoms with Crippen molar-refractivity contribution < 1.29 is 14.2 Å². The molecule has 0 N–H and O–H groups in total. The minimum Gasteiger partial charge on any atom is -0.493 e. The van der Waals surface area contributed by atoms with E-state index in [4.69, 9.17) is 14.2 Å². The van der Waals surface area contributed by atoms with Gasteiger partial charge >= 0.3 is 0 Å². The molecular formula is C10H13O3. The Balaban J connectivity index is 3.25. The summed E-state index contributed by atoms with van der Waals surface area (Å²) < 4.78 is 15.4. The Kier molecular flexibility index (Phi) is 3.01. The molecule has 1 radical (unpaired) electrons. The second-order valence-electron chi connectivity index (χ2n) is 2.59. The number of aryl methyl sites for hydroxylation is 1. The van der Waals surface area contributed by atoms with E-state index < -0.39 is 0 Å². The number of methoxy groups -OCH3 is 3. The van der Waals surface area contributed by atoms with E-state index in [0.29, 0.717) is 17.2 Å². The zero-order valence-electron chi connectivity index (χ0n) is 8.30. The zero-order chi connectivity index (χ0) is 9.84. The third-order valence-corrected chi connectivity index (χ3v) is 1.72. The molecule has 3 nitrogen and oxygen atoms in total.